The number of nitrogens with one attached hydrogen (secondary N) is 1. The van der Waals surface area contributed by atoms with Crippen molar-refractivity contribution in [3.8, 4) is 0 Å². The first-order valence-electron chi connectivity index (χ1n) is 6.81. The molecule has 0 radical (unpaired) electrons. The normalized spacial score (nSPS) is 11.2. The van der Waals surface area contributed by atoms with Crippen LogP contribution in [0.25, 0.3) is 0 Å². The number of carbonyl (C=O) groups excluding carboxylic acids is 1. The first-order chi connectivity index (χ1) is 11.2. The van der Waals surface area contributed by atoms with Crippen LogP contribution in [-0.4, -0.2) is 18.0 Å². The summed E-state index contributed by atoms with van der Waals surface area (Å²) < 4.78 is 65.1. The topological polar surface area (TPSA) is 32.3 Å². The van der Waals surface area contributed by atoms with E-state index in [-0.39, 0.29) is 17.8 Å². The van der Waals surface area contributed by atoms with Crippen molar-refractivity contribution in [2.24, 2.45) is 0 Å². The summed E-state index contributed by atoms with van der Waals surface area (Å²) >= 11 is 0. The van der Waals surface area contributed by atoms with Crippen LogP contribution in [0, 0.1) is 11.6 Å². The molecule has 0 atom stereocenters. The highest BCUT2D eigenvalue weighted by Gasteiger charge is 2.33. The van der Waals surface area contributed by atoms with Gasteiger partial charge in [-0.05, 0) is 23.8 Å². The van der Waals surface area contributed by atoms with E-state index in [1.807, 2.05) is 0 Å². The summed E-state index contributed by atoms with van der Waals surface area (Å²) in [5.41, 5.74) is -1.21. The maximum absolute atomic E-state index is 13.5. The Morgan fingerprint density at radius 3 is 2.42 bits per heavy atom. The molecule has 2 aromatic rings. The average molecular weight is 344 g/mol. The molecule has 0 aliphatic rings. The number of nitrogens with zero attached hydrogens (tertiary/aromatic N) is 1. The van der Waals surface area contributed by atoms with Gasteiger partial charge in [0, 0.05) is 19.7 Å². The van der Waals surface area contributed by atoms with Gasteiger partial charge in [-0.25, -0.2) is 13.6 Å². The molecule has 0 aromatic heterocycles. The predicted molar refractivity (Wildman–Crippen MR) is 78.3 cm³/mol. The lowest BCUT2D eigenvalue weighted by Gasteiger charge is -2.20. The summed E-state index contributed by atoms with van der Waals surface area (Å²) in [7, 11) is 1.27. The van der Waals surface area contributed by atoms with Crippen molar-refractivity contribution in [3.05, 3.63) is 65.2 Å². The lowest BCUT2D eigenvalue weighted by atomic mass is 10.1. The van der Waals surface area contributed by atoms with Gasteiger partial charge in [0.15, 0.2) is 0 Å². The minimum absolute atomic E-state index is 0.0952. The molecule has 0 saturated heterocycles. The molecule has 2 aromatic carbocycles. The summed E-state index contributed by atoms with van der Waals surface area (Å²) in [6.07, 6.45) is -4.54. The van der Waals surface area contributed by atoms with Gasteiger partial charge in [0.1, 0.15) is 11.6 Å². The smallest absolute Gasteiger partial charge is 0.323 e. The number of benzene rings is 2. The molecule has 0 saturated carbocycles. The number of hydrogen-bond acceptors (Lipinski definition) is 1. The molecule has 0 spiro atoms. The van der Waals surface area contributed by atoms with Gasteiger partial charge < -0.3 is 10.2 Å². The van der Waals surface area contributed by atoms with E-state index < -0.39 is 29.4 Å². The van der Waals surface area contributed by atoms with Crippen LogP contribution in [0.15, 0.2) is 42.5 Å². The molecule has 8 heteroatoms. The second kappa shape index (κ2) is 6.86. The monoisotopic (exact) mass is 344 g/mol. The third-order valence-electron chi connectivity index (χ3n) is 3.25. The van der Waals surface area contributed by atoms with Crippen molar-refractivity contribution in [2.45, 2.75) is 12.7 Å². The quantitative estimate of drug-likeness (QED) is 0.808. The van der Waals surface area contributed by atoms with Gasteiger partial charge in [-0.3, -0.25) is 0 Å². The fraction of sp³-hybridized carbons (Fsp3) is 0.188. The third-order valence-corrected chi connectivity index (χ3v) is 3.25. The van der Waals surface area contributed by atoms with E-state index in [4.69, 9.17) is 0 Å². The fourth-order valence-corrected chi connectivity index (χ4v) is 2.06. The minimum atomic E-state index is -4.54. The third kappa shape index (κ3) is 4.21. The molecule has 128 valence electrons. The first kappa shape index (κ1) is 17.7. The Bertz CT molecular complexity index is 745. The molecular weight excluding hydrogens is 331 g/mol. The van der Waals surface area contributed by atoms with Gasteiger partial charge in [0.05, 0.1) is 11.3 Å². The Morgan fingerprint density at radius 1 is 1.12 bits per heavy atom. The van der Waals surface area contributed by atoms with Crippen LogP contribution in [0.4, 0.5) is 32.4 Å². The van der Waals surface area contributed by atoms with E-state index in [9.17, 15) is 26.7 Å². The summed E-state index contributed by atoms with van der Waals surface area (Å²) in [5.74, 6) is -1.79. The van der Waals surface area contributed by atoms with Crippen LogP contribution in [-0.2, 0) is 12.7 Å². The zero-order valence-electron chi connectivity index (χ0n) is 12.5. The van der Waals surface area contributed by atoms with Crippen molar-refractivity contribution in [3.63, 3.8) is 0 Å². The van der Waals surface area contributed by atoms with Crippen LogP contribution in [0.5, 0.6) is 0 Å². The molecule has 0 aliphatic carbocycles. The van der Waals surface area contributed by atoms with Crippen LogP contribution >= 0.6 is 0 Å². The summed E-state index contributed by atoms with van der Waals surface area (Å²) in [4.78, 5) is 13.0. The van der Waals surface area contributed by atoms with Gasteiger partial charge in [0.25, 0.3) is 0 Å². The summed E-state index contributed by atoms with van der Waals surface area (Å²) in [5, 5.41) is 2.18. The molecule has 0 fully saturated rings. The van der Waals surface area contributed by atoms with E-state index in [1.165, 1.54) is 25.2 Å². The lowest BCUT2D eigenvalue weighted by Crippen LogP contribution is -2.32. The predicted octanol–water partition coefficient (Wildman–Crippen LogP) is 4.65. The van der Waals surface area contributed by atoms with Gasteiger partial charge in [-0.1, -0.05) is 18.2 Å². The first-order valence-corrected chi connectivity index (χ1v) is 6.81. The average Bonchev–Trinajstić information content (AvgIpc) is 2.49. The molecule has 0 unspecified atom stereocenters. The fourth-order valence-electron chi connectivity index (χ4n) is 2.06. The van der Waals surface area contributed by atoms with Crippen molar-refractivity contribution in [2.75, 3.05) is 12.4 Å². The molecular formula is C16H13F5N2O. The van der Waals surface area contributed by atoms with E-state index >= 15 is 0 Å². The Labute approximate surface area is 134 Å². The molecule has 2 amide bonds. The van der Waals surface area contributed by atoms with Crippen molar-refractivity contribution in [1.82, 2.24) is 4.90 Å². The Hall–Kier alpha value is -2.64. The Kier molecular flexibility index (Phi) is 5.06. The molecule has 24 heavy (non-hydrogen) atoms. The Morgan fingerprint density at radius 2 is 1.79 bits per heavy atom. The van der Waals surface area contributed by atoms with Crippen molar-refractivity contribution < 1.29 is 26.7 Å². The summed E-state index contributed by atoms with van der Waals surface area (Å²) in [6, 6.07) is 6.60. The second-order valence-corrected chi connectivity index (χ2v) is 5.07. The van der Waals surface area contributed by atoms with Crippen LogP contribution in [0.3, 0.4) is 0 Å². The molecule has 0 aliphatic heterocycles. The zero-order valence-corrected chi connectivity index (χ0v) is 12.5. The van der Waals surface area contributed by atoms with Crippen LogP contribution < -0.4 is 5.32 Å². The van der Waals surface area contributed by atoms with Crippen LogP contribution in [0.1, 0.15) is 11.1 Å². The highest BCUT2D eigenvalue weighted by atomic mass is 19.4. The maximum Gasteiger partial charge on any atom is 0.416 e. The van der Waals surface area contributed by atoms with Gasteiger partial charge in [-0.2, -0.15) is 13.2 Å². The molecule has 3 nitrogen and oxygen atoms in total. The number of rotatable bonds is 3. The van der Waals surface area contributed by atoms with Gasteiger partial charge >= 0.3 is 12.2 Å². The Balaban J connectivity index is 2.13. The van der Waals surface area contributed by atoms with E-state index in [2.05, 4.69) is 5.32 Å². The number of amides is 2. The van der Waals surface area contributed by atoms with E-state index in [0.29, 0.717) is 6.07 Å². The molecule has 2 rings (SSSR count). The number of alkyl halides is 3. The van der Waals surface area contributed by atoms with Gasteiger partial charge in [-0.15, -0.1) is 0 Å². The lowest BCUT2D eigenvalue weighted by molar-refractivity contribution is -0.138. The number of halogens is 5. The second-order valence-electron chi connectivity index (χ2n) is 5.07. The zero-order chi connectivity index (χ0) is 17.9. The van der Waals surface area contributed by atoms with Crippen LogP contribution in [0.2, 0.25) is 0 Å². The molecule has 0 bridgehead atoms. The summed E-state index contributed by atoms with van der Waals surface area (Å²) in [6.45, 7) is -0.329. The van der Waals surface area contributed by atoms with Crippen molar-refractivity contribution in [1.29, 1.82) is 0 Å². The van der Waals surface area contributed by atoms with Gasteiger partial charge in [0.2, 0.25) is 0 Å². The maximum atomic E-state index is 13.5. The highest BCUT2D eigenvalue weighted by Crippen LogP contribution is 2.32. The number of anilines is 1. The number of hydrogen-bond donors (Lipinski definition) is 1. The standard InChI is InChI=1S/C16H13F5N2O/c1-23(9-10-4-2-3-5-12(10)16(19,20)21)15(24)22-14-7-6-11(17)8-13(14)18/h2-8H,9H2,1H3,(H,22,24). The highest BCUT2D eigenvalue weighted by molar-refractivity contribution is 5.89. The minimum Gasteiger partial charge on any atom is -0.323 e. The molecule has 0 heterocycles. The van der Waals surface area contributed by atoms with E-state index in [1.54, 1.807) is 0 Å². The SMILES string of the molecule is CN(Cc1ccccc1C(F)(F)F)C(=O)Nc1ccc(F)cc1F. The van der Waals surface area contributed by atoms with Crippen molar-refractivity contribution >= 4 is 11.7 Å². The largest absolute Gasteiger partial charge is 0.416 e. The van der Waals surface area contributed by atoms with E-state index in [0.717, 1.165) is 23.1 Å². The molecule has 1 N–H and O–H groups in total. The number of carbonyl (C=O) groups is 1. The number of urea groups is 1.